The van der Waals surface area contributed by atoms with Crippen LogP contribution in [0, 0.1) is 5.92 Å². The van der Waals surface area contributed by atoms with E-state index in [1.54, 1.807) is 6.08 Å². The van der Waals surface area contributed by atoms with E-state index >= 15 is 0 Å². The SMILES string of the molecule is CCCCCCCCCCCCCCC=CCC(C(=O)O)C(=O)O. The first-order valence-corrected chi connectivity index (χ1v) is 9.70. The van der Waals surface area contributed by atoms with E-state index in [9.17, 15) is 9.59 Å². The summed E-state index contributed by atoms with van der Waals surface area (Å²) in [4.78, 5) is 21.4. The molecule has 2 N–H and O–H groups in total. The highest BCUT2D eigenvalue weighted by Gasteiger charge is 2.23. The number of unbranched alkanes of at least 4 members (excludes halogenated alkanes) is 12. The molecule has 0 heterocycles. The van der Waals surface area contributed by atoms with Crippen LogP contribution in [0.5, 0.6) is 0 Å². The van der Waals surface area contributed by atoms with Gasteiger partial charge in [0.25, 0.3) is 0 Å². The number of carboxylic acids is 2. The first kappa shape index (κ1) is 22.7. The smallest absolute Gasteiger partial charge is 0.318 e. The Hall–Kier alpha value is -1.32. The summed E-state index contributed by atoms with van der Waals surface area (Å²) in [7, 11) is 0. The molecule has 0 spiro atoms. The molecule has 0 radical (unpaired) electrons. The topological polar surface area (TPSA) is 74.6 Å². The summed E-state index contributed by atoms with van der Waals surface area (Å²) in [6.45, 7) is 2.25. The lowest BCUT2D eigenvalue weighted by atomic mass is 10.0. The number of carbonyl (C=O) groups is 2. The number of hydrogen-bond donors (Lipinski definition) is 2. The van der Waals surface area contributed by atoms with Crippen LogP contribution in [0.3, 0.4) is 0 Å². The molecule has 0 fully saturated rings. The van der Waals surface area contributed by atoms with E-state index < -0.39 is 17.9 Å². The molecule has 0 aromatic heterocycles. The van der Waals surface area contributed by atoms with E-state index in [0.717, 1.165) is 12.8 Å². The van der Waals surface area contributed by atoms with Crippen molar-refractivity contribution in [3.8, 4) is 0 Å². The minimum absolute atomic E-state index is 0.0723. The van der Waals surface area contributed by atoms with Crippen molar-refractivity contribution in [3.63, 3.8) is 0 Å². The minimum Gasteiger partial charge on any atom is -0.481 e. The molecule has 24 heavy (non-hydrogen) atoms. The summed E-state index contributed by atoms with van der Waals surface area (Å²) < 4.78 is 0. The van der Waals surface area contributed by atoms with E-state index in [-0.39, 0.29) is 6.42 Å². The maximum atomic E-state index is 10.7. The quantitative estimate of drug-likeness (QED) is 0.199. The largest absolute Gasteiger partial charge is 0.481 e. The highest BCUT2D eigenvalue weighted by Crippen LogP contribution is 2.13. The van der Waals surface area contributed by atoms with Crippen molar-refractivity contribution in [3.05, 3.63) is 12.2 Å². The lowest BCUT2D eigenvalue weighted by Crippen LogP contribution is -2.22. The number of rotatable bonds is 17. The third-order valence-electron chi connectivity index (χ3n) is 4.36. The molecule has 0 aliphatic heterocycles. The number of carboxylic acid groups (broad SMARTS) is 2. The highest BCUT2D eigenvalue weighted by atomic mass is 16.4. The molecule has 0 aliphatic carbocycles. The highest BCUT2D eigenvalue weighted by molar-refractivity contribution is 5.92. The number of allylic oxidation sites excluding steroid dienone is 2. The molecule has 0 aromatic rings. The lowest BCUT2D eigenvalue weighted by molar-refractivity contribution is -0.154. The van der Waals surface area contributed by atoms with Gasteiger partial charge in [0.15, 0.2) is 5.92 Å². The van der Waals surface area contributed by atoms with Gasteiger partial charge in [0.2, 0.25) is 0 Å². The van der Waals surface area contributed by atoms with E-state index in [1.807, 2.05) is 6.08 Å². The third kappa shape index (κ3) is 14.3. The van der Waals surface area contributed by atoms with Crippen molar-refractivity contribution in [1.82, 2.24) is 0 Å². The molecular formula is C20H36O4. The van der Waals surface area contributed by atoms with Gasteiger partial charge < -0.3 is 10.2 Å². The summed E-state index contributed by atoms with van der Waals surface area (Å²) in [6.07, 6.45) is 20.4. The van der Waals surface area contributed by atoms with Crippen molar-refractivity contribution in [1.29, 1.82) is 0 Å². The Bertz CT molecular complexity index is 336. The predicted molar refractivity (Wildman–Crippen MR) is 98.2 cm³/mol. The van der Waals surface area contributed by atoms with Crippen molar-refractivity contribution in [2.45, 2.75) is 96.8 Å². The van der Waals surface area contributed by atoms with Crippen molar-refractivity contribution >= 4 is 11.9 Å². The van der Waals surface area contributed by atoms with Crippen molar-refractivity contribution in [2.24, 2.45) is 5.92 Å². The third-order valence-corrected chi connectivity index (χ3v) is 4.36. The molecule has 4 heteroatoms. The summed E-state index contributed by atoms with van der Waals surface area (Å²) in [6, 6.07) is 0. The minimum atomic E-state index is -1.32. The Morgan fingerprint density at radius 1 is 0.708 bits per heavy atom. The molecule has 0 amide bonds. The van der Waals surface area contributed by atoms with Crippen LogP contribution in [-0.2, 0) is 9.59 Å². The second-order valence-corrected chi connectivity index (χ2v) is 6.61. The molecule has 0 rings (SSSR count). The van der Waals surface area contributed by atoms with Crippen LogP contribution in [-0.4, -0.2) is 22.2 Å². The summed E-state index contributed by atoms with van der Waals surface area (Å²) in [5, 5.41) is 17.5. The van der Waals surface area contributed by atoms with Gasteiger partial charge in [-0.15, -0.1) is 0 Å². The van der Waals surface area contributed by atoms with Crippen molar-refractivity contribution < 1.29 is 19.8 Å². The normalized spacial score (nSPS) is 11.4. The number of aliphatic carboxylic acids is 2. The zero-order chi connectivity index (χ0) is 18.0. The van der Waals surface area contributed by atoms with E-state index in [2.05, 4.69) is 6.92 Å². The zero-order valence-electron chi connectivity index (χ0n) is 15.3. The molecule has 0 unspecified atom stereocenters. The average molecular weight is 341 g/mol. The van der Waals surface area contributed by atoms with Gasteiger partial charge in [0.05, 0.1) is 0 Å². The Balaban J connectivity index is 3.34. The summed E-state index contributed by atoms with van der Waals surface area (Å²) >= 11 is 0. The molecule has 0 bridgehead atoms. The molecule has 140 valence electrons. The Morgan fingerprint density at radius 2 is 1.12 bits per heavy atom. The van der Waals surface area contributed by atoms with Gasteiger partial charge in [-0.25, -0.2) is 0 Å². The molecule has 0 aliphatic rings. The molecule has 4 nitrogen and oxygen atoms in total. The van der Waals surface area contributed by atoms with Gasteiger partial charge in [-0.3, -0.25) is 9.59 Å². The maximum Gasteiger partial charge on any atom is 0.318 e. The summed E-state index contributed by atoms with van der Waals surface area (Å²) in [5.41, 5.74) is 0. The van der Waals surface area contributed by atoms with Gasteiger partial charge in [-0.2, -0.15) is 0 Å². The molecule has 0 atom stereocenters. The van der Waals surface area contributed by atoms with Gasteiger partial charge in [0.1, 0.15) is 0 Å². The second-order valence-electron chi connectivity index (χ2n) is 6.61. The monoisotopic (exact) mass is 340 g/mol. The second kappa shape index (κ2) is 16.5. The Kier molecular flexibility index (Phi) is 15.6. The van der Waals surface area contributed by atoms with Crippen molar-refractivity contribution in [2.75, 3.05) is 0 Å². The molecule has 0 aromatic carbocycles. The Morgan fingerprint density at radius 3 is 1.54 bits per heavy atom. The van der Waals surface area contributed by atoms with Crippen LogP contribution >= 0.6 is 0 Å². The Labute approximate surface area is 147 Å². The van der Waals surface area contributed by atoms with Crippen LogP contribution < -0.4 is 0 Å². The van der Waals surface area contributed by atoms with Crippen LogP contribution in [0.1, 0.15) is 96.8 Å². The molecule has 0 saturated heterocycles. The molecular weight excluding hydrogens is 304 g/mol. The first-order valence-electron chi connectivity index (χ1n) is 9.70. The van der Waals surface area contributed by atoms with Crippen LogP contribution in [0.25, 0.3) is 0 Å². The maximum absolute atomic E-state index is 10.7. The van der Waals surface area contributed by atoms with E-state index in [1.165, 1.54) is 70.6 Å². The lowest BCUT2D eigenvalue weighted by Gasteiger charge is -2.03. The fraction of sp³-hybridized carbons (Fsp3) is 0.800. The van der Waals surface area contributed by atoms with Gasteiger partial charge in [-0.1, -0.05) is 89.7 Å². The summed E-state index contributed by atoms with van der Waals surface area (Å²) in [5.74, 6) is -3.85. The fourth-order valence-electron chi connectivity index (χ4n) is 2.76. The van der Waals surface area contributed by atoms with Gasteiger partial charge in [0, 0.05) is 0 Å². The predicted octanol–water partition coefficient (Wildman–Crippen LogP) is 5.81. The number of hydrogen-bond acceptors (Lipinski definition) is 2. The van der Waals surface area contributed by atoms with E-state index in [4.69, 9.17) is 10.2 Å². The fourth-order valence-corrected chi connectivity index (χ4v) is 2.76. The van der Waals surface area contributed by atoms with Gasteiger partial charge >= 0.3 is 11.9 Å². The van der Waals surface area contributed by atoms with Crippen LogP contribution in [0.2, 0.25) is 0 Å². The van der Waals surface area contributed by atoms with Gasteiger partial charge in [-0.05, 0) is 19.3 Å². The van der Waals surface area contributed by atoms with E-state index in [0.29, 0.717) is 0 Å². The first-order chi connectivity index (χ1) is 11.6. The zero-order valence-corrected chi connectivity index (χ0v) is 15.3. The van der Waals surface area contributed by atoms with Crippen LogP contribution in [0.4, 0.5) is 0 Å². The average Bonchev–Trinajstić information content (AvgIpc) is 2.53. The standard InChI is InChI=1S/C20H36O4/c1-2-3-4-5-6-7-8-9-10-11-12-13-14-15-16-17-18(19(21)22)20(23)24/h15-16,18H,2-14,17H2,1H3,(H,21,22)(H,23,24). The molecule has 0 saturated carbocycles. The van der Waals surface area contributed by atoms with Crippen LogP contribution in [0.15, 0.2) is 12.2 Å².